The number of halogens is 2. The SMILES string of the molecule is COc1ccc(Br)cc1C(N)c1cccc(F)c1. The summed E-state index contributed by atoms with van der Waals surface area (Å²) < 4.78 is 19.4. The highest BCUT2D eigenvalue weighted by atomic mass is 79.9. The first-order valence-electron chi connectivity index (χ1n) is 5.46. The van der Waals surface area contributed by atoms with Crippen LogP contribution in [-0.2, 0) is 0 Å². The first-order chi connectivity index (χ1) is 8.61. The molecule has 4 heteroatoms. The van der Waals surface area contributed by atoms with Crippen LogP contribution in [0.3, 0.4) is 0 Å². The average molecular weight is 310 g/mol. The van der Waals surface area contributed by atoms with Gasteiger partial charge in [-0.15, -0.1) is 0 Å². The Kier molecular flexibility index (Phi) is 3.99. The van der Waals surface area contributed by atoms with E-state index in [4.69, 9.17) is 10.5 Å². The molecule has 94 valence electrons. The normalized spacial score (nSPS) is 12.2. The van der Waals surface area contributed by atoms with E-state index in [1.54, 1.807) is 19.2 Å². The van der Waals surface area contributed by atoms with E-state index in [1.807, 2.05) is 18.2 Å². The van der Waals surface area contributed by atoms with Gasteiger partial charge in [-0.1, -0.05) is 28.1 Å². The van der Waals surface area contributed by atoms with Crippen molar-refractivity contribution in [2.45, 2.75) is 6.04 Å². The molecule has 18 heavy (non-hydrogen) atoms. The Morgan fingerprint density at radius 1 is 1.22 bits per heavy atom. The highest BCUT2D eigenvalue weighted by Crippen LogP contribution is 2.31. The second-order valence-corrected chi connectivity index (χ2v) is 4.83. The maximum atomic E-state index is 13.2. The van der Waals surface area contributed by atoms with Crippen molar-refractivity contribution in [1.29, 1.82) is 0 Å². The molecular formula is C14H13BrFNO. The molecule has 0 spiro atoms. The fourth-order valence-electron chi connectivity index (χ4n) is 1.83. The molecule has 0 radical (unpaired) electrons. The summed E-state index contributed by atoms with van der Waals surface area (Å²) in [4.78, 5) is 0. The molecule has 2 aromatic rings. The number of hydrogen-bond acceptors (Lipinski definition) is 2. The Morgan fingerprint density at radius 2 is 2.00 bits per heavy atom. The third-order valence-corrected chi connectivity index (χ3v) is 3.23. The van der Waals surface area contributed by atoms with E-state index >= 15 is 0 Å². The largest absolute Gasteiger partial charge is 0.496 e. The molecule has 2 nitrogen and oxygen atoms in total. The lowest BCUT2D eigenvalue weighted by Gasteiger charge is -2.16. The Morgan fingerprint density at radius 3 is 2.67 bits per heavy atom. The van der Waals surface area contributed by atoms with Gasteiger partial charge in [0.2, 0.25) is 0 Å². The number of methoxy groups -OCH3 is 1. The Balaban J connectivity index is 2.44. The van der Waals surface area contributed by atoms with Crippen LogP contribution in [0, 0.1) is 5.82 Å². The third-order valence-electron chi connectivity index (χ3n) is 2.73. The molecule has 1 atom stereocenters. The summed E-state index contributed by atoms with van der Waals surface area (Å²) in [7, 11) is 1.59. The first-order valence-corrected chi connectivity index (χ1v) is 6.25. The Bertz CT molecular complexity index is 559. The van der Waals surface area contributed by atoms with E-state index in [2.05, 4.69) is 15.9 Å². The van der Waals surface area contributed by atoms with Crippen LogP contribution < -0.4 is 10.5 Å². The maximum absolute atomic E-state index is 13.2. The second-order valence-electron chi connectivity index (χ2n) is 3.92. The molecule has 2 rings (SSSR count). The van der Waals surface area contributed by atoms with Crippen LogP contribution >= 0.6 is 15.9 Å². The zero-order valence-electron chi connectivity index (χ0n) is 9.86. The lowest BCUT2D eigenvalue weighted by atomic mass is 9.99. The monoisotopic (exact) mass is 309 g/mol. The number of benzene rings is 2. The summed E-state index contributed by atoms with van der Waals surface area (Å²) in [6.07, 6.45) is 0. The van der Waals surface area contributed by atoms with Crippen LogP contribution in [0.25, 0.3) is 0 Å². The summed E-state index contributed by atoms with van der Waals surface area (Å²) in [6.45, 7) is 0. The quantitative estimate of drug-likeness (QED) is 0.939. The maximum Gasteiger partial charge on any atom is 0.124 e. The van der Waals surface area contributed by atoms with Crippen molar-refractivity contribution in [3.8, 4) is 5.75 Å². The van der Waals surface area contributed by atoms with E-state index < -0.39 is 6.04 Å². The molecule has 2 N–H and O–H groups in total. The highest BCUT2D eigenvalue weighted by molar-refractivity contribution is 9.10. The summed E-state index contributed by atoms with van der Waals surface area (Å²) in [5.41, 5.74) is 7.69. The molecule has 0 aromatic heterocycles. The average Bonchev–Trinajstić information content (AvgIpc) is 2.38. The van der Waals surface area contributed by atoms with Gasteiger partial charge in [0.25, 0.3) is 0 Å². The van der Waals surface area contributed by atoms with Crippen molar-refractivity contribution in [1.82, 2.24) is 0 Å². The van der Waals surface area contributed by atoms with Gasteiger partial charge in [-0.3, -0.25) is 0 Å². The topological polar surface area (TPSA) is 35.2 Å². The molecule has 0 bridgehead atoms. The van der Waals surface area contributed by atoms with Gasteiger partial charge in [0.1, 0.15) is 11.6 Å². The first kappa shape index (κ1) is 13.1. The predicted octanol–water partition coefficient (Wildman–Crippen LogP) is 3.64. The zero-order valence-corrected chi connectivity index (χ0v) is 11.4. The van der Waals surface area contributed by atoms with Crippen LogP contribution in [0.15, 0.2) is 46.9 Å². The van der Waals surface area contributed by atoms with Gasteiger partial charge >= 0.3 is 0 Å². The van der Waals surface area contributed by atoms with Gasteiger partial charge in [0.05, 0.1) is 13.2 Å². The van der Waals surface area contributed by atoms with Crippen LogP contribution in [0.1, 0.15) is 17.2 Å². The molecule has 2 aromatic carbocycles. The zero-order chi connectivity index (χ0) is 13.1. The van der Waals surface area contributed by atoms with Crippen LogP contribution in [0.4, 0.5) is 4.39 Å². The number of hydrogen-bond donors (Lipinski definition) is 1. The second kappa shape index (κ2) is 5.50. The van der Waals surface area contributed by atoms with E-state index in [0.717, 1.165) is 10.0 Å². The van der Waals surface area contributed by atoms with Crippen LogP contribution in [-0.4, -0.2) is 7.11 Å². The molecule has 0 saturated carbocycles. The summed E-state index contributed by atoms with van der Waals surface area (Å²) >= 11 is 3.40. The Hall–Kier alpha value is -1.39. The van der Waals surface area contributed by atoms with Crippen molar-refractivity contribution < 1.29 is 9.13 Å². The molecule has 0 aliphatic heterocycles. The predicted molar refractivity (Wildman–Crippen MR) is 73.1 cm³/mol. The fraction of sp³-hybridized carbons (Fsp3) is 0.143. The highest BCUT2D eigenvalue weighted by Gasteiger charge is 2.14. The van der Waals surface area contributed by atoms with Crippen LogP contribution in [0.2, 0.25) is 0 Å². The van der Waals surface area contributed by atoms with Crippen molar-refractivity contribution in [2.75, 3.05) is 7.11 Å². The van der Waals surface area contributed by atoms with E-state index in [0.29, 0.717) is 11.3 Å². The molecule has 0 heterocycles. The number of rotatable bonds is 3. The van der Waals surface area contributed by atoms with Crippen molar-refractivity contribution >= 4 is 15.9 Å². The molecule has 0 fully saturated rings. The lowest BCUT2D eigenvalue weighted by Crippen LogP contribution is -2.13. The van der Waals surface area contributed by atoms with Gasteiger partial charge in [-0.25, -0.2) is 4.39 Å². The smallest absolute Gasteiger partial charge is 0.124 e. The van der Waals surface area contributed by atoms with Gasteiger partial charge in [-0.2, -0.15) is 0 Å². The summed E-state index contributed by atoms with van der Waals surface area (Å²) in [5, 5.41) is 0. The Labute approximate surface area is 114 Å². The standard InChI is InChI=1S/C14H13BrFNO/c1-18-13-6-5-10(15)8-12(13)14(17)9-3-2-4-11(16)7-9/h2-8,14H,17H2,1H3. The molecule has 0 saturated heterocycles. The molecule has 1 unspecified atom stereocenters. The van der Waals surface area contributed by atoms with Crippen LogP contribution in [0.5, 0.6) is 5.75 Å². The third kappa shape index (κ3) is 2.71. The van der Waals surface area contributed by atoms with Crippen molar-refractivity contribution in [2.24, 2.45) is 5.73 Å². The minimum atomic E-state index is -0.423. The number of ether oxygens (including phenoxy) is 1. The molecule has 0 amide bonds. The number of nitrogens with two attached hydrogens (primary N) is 1. The molecular weight excluding hydrogens is 297 g/mol. The lowest BCUT2D eigenvalue weighted by molar-refractivity contribution is 0.407. The summed E-state index contributed by atoms with van der Waals surface area (Å²) in [5.74, 6) is 0.395. The minimum Gasteiger partial charge on any atom is -0.496 e. The van der Waals surface area contributed by atoms with Gasteiger partial charge in [-0.05, 0) is 35.9 Å². The van der Waals surface area contributed by atoms with Crippen molar-refractivity contribution in [3.63, 3.8) is 0 Å². The van der Waals surface area contributed by atoms with Crippen molar-refractivity contribution in [3.05, 3.63) is 63.9 Å². The fourth-order valence-corrected chi connectivity index (χ4v) is 2.21. The molecule has 0 aliphatic rings. The minimum absolute atomic E-state index is 0.295. The summed E-state index contributed by atoms with van der Waals surface area (Å²) in [6, 6.07) is 11.4. The molecule has 0 aliphatic carbocycles. The van der Waals surface area contributed by atoms with Gasteiger partial charge < -0.3 is 10.5 Å². The van der Waals surface area contributed by atoms with Gasteiger partial charge in [0, 0.05) is 10.0 Å². The van der Waals surface area contributed by atoms with Gasteiger partial charge in [0.15, 0.2) is 0 Å². The van der Waals surface area contributed by atoms with E-state index in [9.17, 15) is 4.39 Å². The van der Waals surface area contributed by atoms with E-state index in [-0.39, 0.29) is 5.82 Å². The van der Waals surface area contributed by atoms with E-state index in [1.165, 1.54) is 12.1 Å².